The Balaban J connectivity index is 1.62. The van der Waals surface area contributed by atoms with Crippen LogP contribution in [0.25, 0.3) is 0 Å². The molecule has 1 N–H and O–H groups in total. The van der Waals surface area contributed by atoms with Gasteiger partial charge in [-0.2, -0.15) is 0 Å². The highest BCUT2D eigenvalue weighted by atomic mass is 79.9. The van der Waals surface area contributed by atoms with Crippen molar-refractivity contribution in [2.45, 2.75) is 26.5 Å². The van der Waals surface area contributed by atoms with E-state index in [1.807, 2.05) is 37.3 Å². The molecule has 0 saturated heterocycles. The number of methoxy groups -OCH3 is 2. The van der Waals surface area contributed by atoms with Crippen LogP contribution in [0.1, 0.15) is 23.6 Å². The molecule has 0 unspecified atom stereocenters. The standard InChI is InChI=1S/C26H28BrClFNO4/c1-4-33-25-13-18(15-30-10-9-17-5-8-23(31-2)24(12-17)32-3)11-21(27)26(25)34-16-19-6-7-20(29)14-22(19)28/h5-8,11-14,30H,4,9-10,15-16H2,1-3H3. The summed E-state index contributed by atoms with van der Waals surface area (Å²) >= 11 is 9.72. The molecule has 0 aromatic heterocycles. The Hall–Kier alpha value is -2.48. The lowest BCUT2D eigenvalue weighted by atomic mass is 10.1. The van der Waals surface area contributed by atoms with Gasteiger partial charge >= 0.3 is 0 Å². The molecule has 0 bridgehead atoms. The lowest BCUT2D eigenvalue weighted by molar-refractivity contribution is 0.267. The van der Waals surface area contributed by atoms with Gasteiger partial charge in [0.15, 0.2) is 23.0 Å². The highest BCUT2D eigenvalue weighted by molar-refractivity contribution is 9.10. The third-order valence-corrected chi connectivity index (χ3v) is 6.06. The van der Waals surface area contributed by atoms with E-state index >= 15 is 0 Å². The minimum absolute atomic E-state index is 0.195. The third-order valence-electron chi connectivity index (χ3n) is 5.12. The van der Waals surface area contributed by atoms with Crippen molar-refractivity contribution in [3.05, 3.63) is 80.5 Å². The molecule has 0 heterocycles. The number of hydrogen-bond acceptors (Lipinski definition) is 5. The van der Waals surface area contributed by atoms with E-state index in [4.69, 9.17) is 30.5 Å². The van der Waals surface area contributed by atoms with Gasteiger partial charge in [-0.15, -0.1) is 0 Å². The molecular formula is C26H28BrClFNO4. The minimum atomic E-state index is -0.382. The Morgan fingerprint density at radius 3 is 2.38 bits per heavy atom. The van der Waals surface area contributed by atoms with E-state index in [-0.39, 0.29) is 12.4 Å². The second-order valence-electron chi connectivity index (χ2n) is 7.48. The smallest absolute Gasteiger partial charge is 0.175 e. The van der Waals surface area contributed by atoms with Gasteiger partial charge in [0.05, 0.1) is 30.3 Å². The molecule has 0 atom stereocenters. The monoisotopic (exact) mass is 551 g/mol. The van der Waals surface area contributed by atoms with Crippen molar-refractivity contribution in [2.75, 3.05) is 27.4 Å². The lowest BCUT2D eigenvalue weighted by Crippen LogP contribution is -2.17. The minimum Gasteiger partial charge on any atom is -0.493 e. The Morgan fingerprint density at radius 1 is 0.912 bits per heavy atom. The molecule has 0 saturated carbocycles. The zero-order valence-corrected chi connectivity index (χ0v) is 21.8. The zero-order valence-electron chi connectivity index (χ0n) is 19.4. The molecule has 0 aliphatic carbocycles. The summed E-state index contributed by atoms with van der Waals surface area (Å²) in [6.45, 7) is 4.06. The summed E-state index contributed by atoms with van der Waals surface area (Å²) in [5, 5.41) is 3.78. The summed E-state index contributed by atoms with van der Waals surface area (Å²) < 4.78 is 36.5. The Morgan fingerprint density at radius 2 is 1.68 bits per heavy atom. The lowest BCUT2D eigenvalue weighted by Gasteiger charge is -2.16. The summed E-state index contributed by atoms with van der Waals surface area (Å²) in [5.74, 6) is 2.27. The average molecular weight is 553 g/mol. The molecule has 3 aromatic carbocycles. The second-order valence-corrected chi connectivity index (χ2v) is 8.74. The molecule has 0 aliphatic rings. The van der Waals surface area contributed by atoms with Crippen molar-refractivity contribution in [3.63, 3.8) is 0 Å². The summed E-state index contributed by atoms with van der Waals surface area (Å²) in [6.07, 6.45) is 0.847. The van der Waals surface area contributed by atoms with Crippen LogP contribution in [-0.4, -0.2) is 27.4 Å². The van der Waals surface area contributed by atoms with Gasteiger partial charge in [-0.25, -0.2) is 4.39 Å². The highest BCUT2D eigenvalue weighted by Crippen LogP contribution is 2.38. The number of halogens is 3. The van der Waals surface area contributed by atoms with Crippen LogP contribution in [-0.2, 0) is 19.6 Å². The Bertz CT molecular complexity index is 1110. The van der Waals surface area contributed by atoms with Crippen molar-refractivity contribution in [1.29, 1.82) is 0 Å². The first-order valence-corrected chi connectivity index (χ1v) is 12.1. The maximum atomic E-state index is 13.3. The molecule has 0 radical (unpaired) electrons. The molecular weight excluding hydrogens is 525 g/mol. The molecule has 34 heavy (non-hydrogen) atoms. The fourth-order valence-electron chi connectivity index (χ4n) is 3.42. The first kappa shape index (κ1) is 26.1. The zero-order chi connectivity index (χ0) is 24.5. The van der Waals surface area contributed by atoms with Crippen molar-refractivity contribution >= 4 is 27.5 Å². The summed E-state index contributed by atoms with van der Waals surface area (Å²) in [6, 6.07) is 14.1. The molecule has 0 spiro atoms. The van der Waals surface area contributed by atoms with Gasteiger partial charge in [0.1, 0.15) is 12.4 Å². The average Bonchev–Trinajstić information content (AvgIpc) is 2.82. The van der Waals surface area contributed by atoms with E-state index in [9.17, 15) is 4.39 Å². The van der Waals surface area contributed by atoms with Gasteiger partial charge in [-0.3, -0.25) is 0 Å². The van der Waals surface area contributed by atoms with Crippen LogP contribution in [0.5, 0.6) is 23.0 Å². The largest absolute Gasteiger partial charge is 0.493 e. The van der Waals surface area contributed by atoms with E-state index in [0.29, 0.717) is 35.2 Å². The Labute approximate surface area is 213 Å². The first-order valence-electron chi connectivity index (χ1n) is 10.9. The molecule has 8 heteroatoms. The number of benzene rings is 3. The topological polar surface area (TPSA) is 49.0 Å². The van der Waals surface area contributed by atoms with Gasteiger partial charge in [-0.1, -0.05) is 23.7 Å². The van der Waals surface area contributed by atoms with E-state index in [1.165, 1.54) is 12.1 Å². The first-order chi connectivity index (χ1) is 16.4. The molecule has 0 fully saturated rings. The molecule has 3 aromatic rings. The third kappa shape index (κ3) is 7.01. The SMILES string of the molecule is CCOc1cc(CNCCc2ccc(OC)c(OC)c2)cc(Br)c1OCc1ccc(F)cc1Cl. The van der Waals surface area contributed by atoms with Crippen molar-refractivity contribution in [3.8, 4) is 23.0 Å². The van der Waals surface area contributed by atoms with E-state index in [1.54, 1.807) is 20.3 Å². The van der Waals surface area contributed by atoms with Crippen LogP contribution in [0.2, 0.25) is 5.02 Å². The predicted octanol–water partition coefficient (Wildman–Crippen LogP) is 6.57. The predicted molar refractivity (Wildman–Crippen MR) is 136 cm³/mol. The van der Waals surface area contributed by atoms with Crippen molar-refractivity contribution < 1.29 is 23.3 Å². The molecule has 0 aliphatic heterocycles. The number of ether oxygens (including phenoxy) is 4. The van der Waals surface area contributed by atoms with Gasteiger partial charge in [0.2, 0.25) is 0 Å². The molecule has 3 rings (SSSR count). The van der Waals surface area contributed by atoms with Crippen LogP contribution in [0.15, 0.2) is 53.0 Å². The van der Waals surface area contributed by atoms with Gasteiger partial charge in [0, 0.05) is 12.1 Å². The van der Waals surface area contributed by atoms with Gasteiger partial charge in [0.25, 0.3) is 0 Å². The second kappa shape index (κ2) is 12.8. The molecule has 5 nitrogen and oxygen atoms in total. The number of nitrogens with one attached hydrogen (secondary N) is 1. The van der Waals surface area contributed by atoms with E-state index in [2.05, 4.69) is 21.2 Å². The summed E-state index contributed by atoms with van der Waals surface area (Å²) in [4.78, 5) is 0. The van der Waals surface area contributed by atoms with Crippen LogP contribution < -0.4 is 24.3 Å². The fourth-order valence-corrected chi connectivity index (χ4v) is 4.24. The normalized spacial score (nSPS) is 10.8. The summed E-state index contributed by atoms with van der Waals surface area (Å²) in [5.41, 5.74) is 2.90. The number of rotatable bonds is 12. The van der Waals surface area contributed by atoms with E-state index < -0.39 is 0 Å². The van der Waals surface area contributed by atoms with Crippen LogP contribution in [0.3, 0.4) is 0 Å². The van der Waals surface area contributed by atoms with Crippen LogP contribution in [0.4, 0.5) is 4.39 Å². The van der Waals surface area contributed by atoms with Crippen LogP contribution in [0, 0.1) is 5.82 Å². The maximum Gasteiger partial charge on any atom is 0.175 e. The quantitative estimate of drug-likeness (QED) is 0.258. The van der Waals surface area contributed by atoms with Gasteiger partial charge in [-0.05, 0) is 83.3 Å². The van der Waals surface area contributed by atoms with Gasteiger partial charge < -0.3 is 24.3 Å². The number of hydrogen-bond donors (Lipinski definition) is 1. The van der Waals surface area contributed by atoms with Crippen molar-refractivity contribution in [2.24, 2.45) is 0 Å². The molecule has 182 valence electrons. The van der Waals surface area contributed by atoms with E-state index in [0.717, 1.165) is 40.1 Å². The maximum absolute atomic E-state index is 13.3. The highest BCUT2D eigenvalue weighted by Gasteiger charge is 2.14. The van der Waals surface area contributed by atoms with Crippen LogP contribution >= 0.6 is 27.5 Å². The summed E-state index contributed by atoms with van der Waals surface area (Å²) in [7, 11) is 3.26. The Kier molecular flexibility index (Phi) is 9.86. The van der Waals surface area contributed by atoms with Crippen molar-refractivity contribution in [1.82, 2.24) is 5.32 Å². The fraction of sp³-hybridized carbons (Fsp3) is 0.308. The molecule has 0 amide bonds.